The number of carboxylic acids is 1. The number of rotatable bonds is 5. The van der Waals surface area contributed by atoms with Crippen LogP contribution in [0.4, 0.5) is 0 Å². The molecule has 2 saturated heterocycles. The second kappa shape index (κ2) is 6.29. The standard InChI is InChI=1S/C14H25NO2S/c1-2-5-14(13(16)17)6-3-7-15(11-14)9-12-4-8-18-10-12/h12H,2-11H2,1H3,(H,16,17). The Bertz CT molecular complexity index is 288. The van der Waals surface area contributed by atoms with E-state index in [1.165, 1.54) is 17.9 Å². The first kappa shape index (κ1) is 14.2. The number of thioether (sulfide) groups is 1. The monoisotopic (exact) mass is 271 g/mol. The molecule has 104 valence electrons. The van der Waals surface area contributed by atoms with Crippen molar-refractivity contribution in [1.82, 2.24) is 4.90 Å². The predicted molar refractivity (Wildman–Crippen MR) is 76.1 cm³/mol. The molecule has 0 amide bonds. The van der Waals surface area contributed by atoms with Crippen LogP contribution in [-0.4, -0.2) is 47.1 Å². The zero-order valence-electron chi connectivity index (χ0n) is 11.4. The molecule has 1 N–H and O–H groups in total. The molecule has 4 heteroatoms. The van der Waals surface area contributed by atoms with Crippen LogP contribution in [0.1, 0.15) is 39.0 Å². The normalized spacial score (nSPS) is 33.7. The van der Waals surface area contributed by atoms with Crippen molar-refractivity contribution in [3.63, 3.8) is 0 Å². The van der Waals surface area contributed by atoms with E-state index in [4.69, 9.17) is 0 Å². The second-order valence-electron chi connectivity index (χ2n) is 5.90. The molecular formula is C14H25NO2S. The maximum Gasteiger partial charge on any atom is 0.310 e. The summed E-state index contributed by atoms with van der Waals surface area (Å²) in [5.41, 5.74) is -0.460. The van der Waals surface area contributed by atoms with Crippen LogP contribution in [0.2, 0.25) is 0 Å². The lowest BCUT2D eigenvalue weighted by Gasteiger charge is -2.40. The van der Waals surface area contributed by atoms with Crippen LogP contribution < -0.4 is 0 Å². The summed E-state index contributed by atoms with van der Waals surface area (Å²) in [6.45, 7) is 5.08. The fourth-order valence-corrected chi connectivity index (χ4v) is 4.71. The van der Waals surface area contributed by atoms with E-state index in [-0.39, 0.29) is 0 Å². The van der Waals surface area contributed by atoms with Crippen LogP contribution in [0.3, 0.4) is 0 Å². The van der Waals surface area contributed by atoms with Gasteiger partial charge in [-0.2, -0.15) is 11.8 Å². The highest BCUT2D eigenvalue weighted by molar-refractivity contribution is 7.99. The van der Waals surface area contributed by atoms with E-state index in [0.29, 0.717) is 0 Å². The summed E-state index contributed by atoms with van der Waals surface area (Å²) in [6.07, 6.45) is 5.03. The highest BCUT2D eigenvalue weighted by Gasteiger charge is 2.41. The van der Waals surface area contributed by atoms with Crippen molar-refractivity contribution in [2.24, 2.45) is 11.3 Å². The average molecular weight is 271 g/mol. The topological polar surface area (TPSA) is 40.5 Å². The quantitative estimate of drug-likeness (QED) is 0.834. The van der Waals surface area contributed by atoms with Gasteiger partial charge in [-0.1, -0.05) is 13.3 Å². The minimum atomic E-state index is -0.574. The van der Waals surface area contributed by atoms with Gasteiger partial charge in [0.05, 0.1) is 5.41 Å². The van der Waals surface area contributed by atoms with Crippen molar-refractivity contribution >= 4 is 17.7 Å². The van der Waals surface area contributed by atoms with Crippen molar-refractivity contribution in [3.05, 3.63) is 0 Å². The number of nitrogens with zero attached hydrogens (tertiary/aromatic N) is 1. The van der Waals surface area contributed by atoms with Crippen molar-refractivity contribution in [2.45, 2.75) is 39.0 Å². The van der Waals surface area contributed by atoms with E-state index >= 15 is 0 Å². The molecule has 2 aliphatic heterocycles. The fraction of sp³-hybridized carbons (Fsp3) is 0.929. The number of piperidine rings is 1. The molecule has 0 bridgehead atoms. The summed E-state index contributed by atoms with van der Waals surface area (Å²) >= 11 is 2.04. The average Bonchev–Trinajstić information content (AvgIpc) is 2.82. The summed E-state index contributed by atoms with van der Waals surface area (Å²) in [7, 11) is 0. The van der Waals surface area contributed by atoms with Crippen LogP contribution in [0, 0.1) is 11.3 Å². The SMILES string of the molecule is CCCC1(C(=O)O)CCCN(CC2CCSC2)C1. The van der Waals surface area contributed by atoms with Gasteiger partial charge in [0, 0.05) is 13.1 Å². The lowest BCUT2D eigenvalue weighted by Crippen LogP contribution is -2.49. The van der Waals surface area contributed by atoms with Gasteiger partial charge >= 0.3 is 5.97 Å². The fourth-order valence-electron chi connectivity index (χ4n) is 3.44. The summed E-state index contributed by atoms with van der Waals surface area (Å²) in [6, 6.07) is 0. The molecule has 0 aromatic carbocycles. The predicted octanol–water partition coefficient (Wildman–Crippen LogP) is 2.71. The van der Waals surface area contributed by atoms with Gasteiger partial charge in [0.2, 0.25) is 0 Å². The molecule has 2 unspecified atom stereocenters. The first-order valence-electron chi connectivity index (χ1n) is 7.20. The Morgan fingerprint density at radius 3 is 3.00 bits per heavy atom. The van der Waals surface area contributed by atoms with E-state index in [1.807, 2.05) is 11.8 Å². The number of hydrogen-bond donors (Lipinski definition) is 1. The molecule has 3 nitrogen and oxygen atoms in total. The maximum atomic E-state index is 11.6. The Morgan fingerprint density at radius 1 is 1.56 bits per heavy atom. The number of hydrogen-bond acceptors (Lipinski definition) is 3. The van der Waals surface area contributed by atoms with Gasteiger partial charge in [-0.25, -0.2) is 0 Å². The molecule has 2 rings (SSSR count). The zero-order chi connectivity index (χ0) is 13.0. The van der Waals surface area contributed by atoms with E-state index < -0.39 is 11.4 Å². The van der Waals surface area contributed by atoms with Crippen molar-refractivity contribution < 1.29 is 9.90 Å². The zero-order valence-corrected chi connectivity index (χ0v) is 12.2. The summed E-state index contributed by atoms with van der Waals surface area (Å²) < 4.78 is 0. The molecule has 0 aromatic rings. The van der Waals surface area contributed by atoms with Crippen molar-refractivity contribution in [3.8, 4) is 0 Å². The molecule has 0 aromatic heterocycles. The first-order valence-corrected chi connectivity index (χ1v) is 8.35. The third-order valence-electron chi connectivity index (χ3n) is 4.38. The van der Waals surface area contributed by atoms with Crippen molar-refractivity contribution in [1.29, 1.82) is 0 Å². The van der Waals surface area contributed by atoms with Crippen LogP contribution in [-0.2, 0) is 4.79 Å². The van der Waals surface area contributed by atoms with Gasteiger partial charge in [-0.05, 0) is 49.7 Å². The second-order valence-corrected chi connectivity index (χ2v) is 7.05. The molecule has 0 saturated carbocycles. The molecule has 2 fully saturated rings. The third kappa shape index (κ3) is 3.21. The molecule has 2 heterocycles. The molecule has 18 heavy (non-hydrogen) atoms. The summed E-state index contributed by atoms with van der Waals surface area (Å²) in [4.78, 5) is 14.0. The lowest BCUT2D eigenvalue weighted by atomic mass is 9.76. The summed E-state index contributed by atoms with van der Waals surface area (Å²) in [5, 5.41) is 9.57. The summed E-state index contributed by atoms with van der Waals surface area (Å²) in [5.74, 6) is 2.78. The van der Waals surface area contributed by atoms with Gasteiger partial charge in [0.1, 0.15) is 0 Å². The Balaban J connectivity index is 1.94. The van der Waals surface area contributed by atoms with E-state index in [9.17, 15) is 9.90 Å². The Kier molecular flexibility index (Phi) is 4.96. The third-order valence-corrected chi connectivity index (χ3v) is 5.61. The van der Waals surface area contributed by atoms with Crippen molar-refractivity contribution in [2.75, 3.05) is 31.1 Å². The molecule has 0 spiro atoms. The largest absolute Gasteiger partial charge is 0.481 e. The minimum absolute atomic E-state index is 0.460. The van der Waals surface area contributed by atoms with Crippen LogP contribution >= 0.6 is 11.8 Å². The highest BCUT2D eigenvalue weighted by atomic mass is 32.2. The van der Waals surface area contributed by atoms with Gasteiger partial charge < -0.3 is 10.0 Å². The van der Waals surface area contributed by atoms with Crippen LogP contribution in [0.25, 0.3) is 0 Å². The highest BCUT2D eigenvalue weighted by Crippen LogP contribution is 2.36. The molecular weight excluding hydrogens is 246 g/mol. The number of carboxylic acid groups (broad SMARTS) is 1. The Hall–Kier alpha value is -0.220. The van der Waals surface area contributed by atoms with Crippen LogP contribution in [0.15, 0.2) is 0 Å². The Labute approximate surface area is 114 Å². The van der Waals surface area contributed by atoms with Gasteiger partial charge in [-0.3, -0.25) is 4.79 Å². The molecule has 0 radical (unpaired) electrons. The minimum Gasteiger partial charge on any atom is -0.481 e. The number of aliphatic carboxylic acids is 1. The van der Waals surface area contributed by atoms with Crippen LogP contribution in [0.5, 0.6) is 0 Å². The van der Waals surface area contributed by atoms with Gasteiger partial charge in [0.25, 0.3) is 0 Å². The van der Waals surface area contributed by atoms with Gasteiger partial charge in [-0.15, -0.1) is 0 Å². The first-order chi connectivity index (χ1) is 8.66. The lowest BCUT2D eigenvalue weighted by molar-refractivity contribution is -0.153. The molecule has 2 aliphatic rings. The maximum absolute atomic E-state index is 11.6. The molecule has 0 aliphatic carbocycles. The number of likely N-dealkylation sites (tertiary alicyclic amines) is 1. The van der Waals surface area contributed by atoms with Gasteiger partial charge in [0.15, 0.2) is 0 Å². The van der Waals surface area contributed by atoms with E-state index in [2.05, 4.69) is 11.8 Å². The van der Waals surface area contributed by atoms with E-state index in [0.717, 1.165) is 51.2 Å². The Morgan fingerprint density at radius 2 is 2.39 bits per heavy atom. The van der Waals surface area contributed by atoms with E-state index in [1.54, 1.807) is 0 Å². The smallest absolute Gasteiger partial charge is 0.310 e. The number of carbonyl (C=O) groups is 1. The molecule has 2 atom stereocenters.